The molecule has 2 saturated heterocycles. The Labute approximate surface area is 66.3 Å². The van der Waals surface area contributed by atoms with Gasteiger partial charge in [0.1, 0.15) is 5.60 Å². The minimum Gasteiger partial charge on any atom is -0.393 e. The van der Waals surface area contributed by atoms with Gasteiger partial charge in [-0.2, -0.15) is 0 Å². The van der Waals surface area contributed by atoms with Crippen molar-refractivity contribution < 1.29 is 14.6 Å². The van der Waals surface area contributed by atoms with Gasteiger partial charge in [-0.05, 0) is 12.8 Å². The average molecular weight is 158 g/mol. The van der Waals surface area contributed by atoms with Gasteiger partial charge in [0.05, 0.1) is 19.3 Å². The molecule has 2 aliphatic rings. The quantitative estimate of drug-likeness (QED) is 0.601. The molecule has 0 bridgehead atoms. The fourth-order valence-electron chi connectivity index (χ4n) is 1.60. The van der Waals surface area contributed by atoms with Crippen molar-refractivity contribution in [3.63, 3.8) is 0 Å². The van der Waals surface area contributed by atoms with Crippen molar-refractivity contribution in [2.75, 3.05) is 19.8 Å². The molecule has 0 saturated carbocycles. The van der Waals surface area contributed by atoms with Crippen molar-refractivity contribution in [3.05, 3.63) is 0 Å². The van der Waals surface area contributed by atoms with Crippen LogP contribution in [-0.4, -0.2) is 36.6 Å². The van der Waals surface area contributed by atoms with Crippen LogP contribution in [0.25, 0.3) is 0 Å². The Morgan fingerprint density at radius 3 is 2.82 bits per heavy atom. The number of epoxide rings is 1. The van der Waals surface area contributed by atoms with Crippen molar-refractivity contribution >= 4 is 0 Å². The lowest BCUT2D eigenvalue weighted by molar-refractivity contribution is 0.0621. The van der Waals surface area contributed by atoms with Crippen LogP contribution in [0.5, 0.6) is 0 Å². The summed E-state index contributed by atoms with van der Waals surface area (Å²) in [5, 5.41) is 8.94. The van der Waals surface area contributed by atoms with E-state index >= 15 is 0 Å². The molecule has 2 heterocycles. The van der Waals surface area contributed by atoms with Gasteiger partial charge in [-0.1, -0.05) is 0 Å². The minimum atomic E-state index is -0.213. The van der Waals surface area contributed by atoms with Gasteiger partial charge in [-0.25, -0.2) is 0 Å². The molecule has 3 heteroatoms. The predicted molar refractivity (Wildman–Crippen MR) is 39.4 cm³/mol. The van der Waals surface area contributed by atoms with Crippen molar-refractivity contribution in [1.82, 2.24) is 0 Å². The molecular weight excluding hydrogens is 144 g/mol. The van der Waals surface area contributed by atoms with Gasteiger partial charge >= 0.3 is 0 Å². The molecule has 0 aliphatic carbocycles. The Morgan fingerprint density at radius 2 is 2.36 bits per heavy atom. The zero-order valence-corrected chi connectivity index (χ0v) is 6.58. The van der Waals surface area contributed by atoms with Crippen molar-refractivity contribution in [2.24, 2.45) is 0 Å². The van der Waals surface area contributed by atoms with E-state index in [0.29, 0.717) is 12.7 Å². The summed E-state index contributed by atoms with van der Waals surface area (Å²) in [5.41, 5.74) is -0.213. The lowest BCUT2D eigenvalue weighted by Gasteiger charge is -2.13. The largest absolute Gasteiger partial charge is 0.393 e. The topological polar surface area (TPSA) is 42.0 Å². The molecule has 1 N–H and O–H groups in total. The van der Waals surface area contributed by atoms with Gasteiger partial charge in [0.25, 0.3) is 0 Å². The van der Waals surface area contributed by atoms with Crippen LogP contribution in [0.15, 0.2) is 0 Å². The molecular formula is C8H14O3. The van der Waals surface area contributed by atoms with E-state index in [0.717, 1.165) is 25.9 Å². The van der Waals surface area contributed by atoms with Crippen molar-refractivity contribution in [3.8, 4) is 0 Å². The predicted octanol–water partition coefficient (Wildman–Crippen LogP) is 0.317. The Bertz CT molecular complexity index is 136. The molecule has 11 heavy (non-hydrogen) atoms. The zero-order chi connectivity index (χ0) is 7.73. The van der Waals surface area contributed by atoms with Crippen LogP contribution in [0.4, 0.5) is 0 Å². The Kier molecular flexibility index (Phi) is 1.87. The molecule has 3 nitrogen and oxygen atoms in total. The van der Waals surface area contributed by atoms with Crippen LogP contribution in [0.1, 0.15) is 19.3 Å². The third-order valence-corrected chi connectivity index (χ3v) is 2.46. The maximum absolute atomic E-state index is 8.94. The Balaban J connectivity index is 1.80. The number of aliphatic hydroxyl groups excluding tert-OH is 1. The second-order valence-electron chi connectivity index (χ2n) is 3.47. The molecule has 2 rings (SSSR count). The number of ether oxygens (including phenoxy) is 2. The molecule has 64 valence electrons. The van der Waals surface area contributed by atoms with E-state index in [2.05, 4.69) is 0 Å². The van der Waals surface area contributed by atoms with Crippen LogP contribution in [0, 0.1) is 0 Å². The second-order valence-corrected chi connectivity index (χ2v) is 3.47. The first-order valence-electron chi connectivity index (χ1n) is 4.21. The molecule has 0 radical (unpaired) electrons. The van der Waals surface area contributed by atoms with Gasteiger partial charge in [-0.3, -0.25) is 0 Å². The monoisotopic (exact) mass is 158 g/mol. The fraction of sp³-hybridized carbons (Fsp3) is 1.00. The maximum Gasteiger partial charge on any atom is 0.117 e. The third-order valence-electron chi connectivity index (χ3n) is 2.46. The van der Waals surface area contributed by atoms with Gasteiger partial charge in [0.2, 0.25) is 0 Å². The number of hydrogen-bond donors (Lipinski definition) is 1. The highest BCUT2D eigenvalue weighted by molar-refractivity contribution is 4.94. The standard InChI is InChI=1S/C8H14O3/c9-5-8(6-11-8)4-7-2-1-3-10-7/h7,9H,1-6H2/t7?,8-/m1/s1. The van der Waals surface area contributed by atoms with Crippen molar-refractivity contribution in [2.45, 2.75) is 31.0 Å². The Morgan fingerprint density at radius 1 is 1.55 bits per heavy atom. The Hall–Kier alpha value is -0.120. The van der Waals surface area contributed by atoms with E-state index in [1.165, 1.54) is 0 Å². The summed E-state index contributed by atoms with van der Waals surface area (Å²) in [6.07, 6.45) is 3.51. The highest BCUT2D eigenvalue weighted by Crippen LogP contribution is 2.34. The molecule has 0 aromatic heterocycles. The lowest BCUT2D eigenvalue weighted by atomic mass is 10.0. The molecule has 1 unspecified atom stereocenters. The van der Waals surface area contributed by atoms with Crippen LogP contribution in [0.2, 0.25) is 0 Å². The number of aliphatic hydroxyl groups is 1. The normalized spacial score (nSPS) is 42.8. The summed E-state index contributed by atoms with van der Waals surface area (Å²) in [4.78, 5) is 0. The van der Waals surface area contributed by atoms with Crippen LogP contribution in [-0.2, 0) is 9.47 Å². The van der Waals surface area contributed by atoms with Gasteiger partial charge in [0, 0.05) is 13.0 Å². The van der Waals surface area contributed by atoms with Crippen LogP contribution >= 0.6 is 0 Å². The molecule has 2 fully saturated rings. The van der Waals surface area contributed by atoms with Gasteiger partial charge < -0.3 is 14.6 Å². The van der Waals surface area contributed by atoms with Gasteiger partial charge in [0.15, 0.2) is 0 Å². The zero-order valence-electron chi connectivity index (χ0n) is 6.58. The maximum atomic E-state index is 8.94. The highest BCUT2D eigenvalue weighted by atomic mass is 16.6. The summed E-state index contributed by atoms with van der Waals surface area (Å²) >= 11 is 0. The first-order valence-corrected chi connectivity index (χ1v) is 4.21. The average Bonchev–Trinajstić information content (AvgIpc) is 2.59. The van der Waals surface area contributed by atoms with E-state index < -0.39 is 0 Å². The molecule has 0 aromatic carbocycles. The highest BCUT2D eigenvalue weighted by Gasteiger charge is 2.46. The van der Waals surface area contributed by atoms with Crippen molar-refractivity contribution in [1.29, 1.82) is 0 Å². The SMILES string of the molecule is OC[C@]1(CC2CCCO2)CO1. The van der Waals surface area contributed by atoms with E-state index in [1.54, 1.807) is 0 Å². The summed E-state index contributed by atoms with van der Waals surface area (Å²) in [6.45, 7) is 1.74. The fourth-order valence-corrected chi connectivity index (χ4v) is 1.60. The second kappa shape index (κ2) is 2.73. The molecule has 2 atom stereocenters. The third kappa shape index (κ3) is 1.55. The molecule has 0 spiro atoms. The van der Waals surface area contributed by atoms with Gasteiger partial charge in [-0.15, -0.1) is 0 Å². The number of rotatable bonds is 3. The van der Waals surface area contributed by atoms with E-state index in [1.807, 2.05) is 0 Å². The van der Waals surface area contributed by atoms with Crippen LogP contribution in [0.3, 0.4) is 0 Å². The smallest absolute Gasteiger partial charge is 0.117 e. The first-order chi connectivity index (χ1) is 5.35. The summed E-state index contributed by atoms with van der Waals surface area (Å²) in [6, 6.07) is 0. The number of hydrogen-bond acceptors (Lipinski definition) is 3. The first kappa shape index (κ1) is 7.53. The summed E-state index contributed by atoms with van der Waals surface area (Å²) < 4.78 is 10.6. The van der Waals surface area contributed by atoms with E-state index in [-0.39, 0.29) is 12.2 Å². The van der Waals surface area contributed by atoms with Crippen LogP contribution < -0.4 is 0 Å². The summed E-state index contributed by atoms with van der Waals surface area (Å²) in [7, 11) is 0. The minimum absolute atomic E-state index is 0.146. The molecule has 0 amide bonds. The molecule has 2 aliphatic heterocycles. The lowest BCUT2D eigenvalue weighted by Crippen LogP contribution is -2.23. The summed E-state index contributed by atoms with van der Waals surface area (Å²) in [5.74, 6) is 0. The van der Waals surface area contributed by atoms with E-state index in [4.69, 9.17) is 14.6 Å². The van der Waals surface area contributed by atoms with E-state index in [9.17, 15) is 0 Å². The molecule has 0 aromatic rings.